The van der Waals surface area contributed by atoms with Crippen LogP contribution in [0.1, 0.15) is 25.7 Å². The van der Waals surface area contributed by atoms with E-state index in [4.69, 9.17) is 10.6 Å². The van der Waals surface area contributed by atoms with Crippen molar-refractivity contribution in [1.29, 1.82) is 0 Å². The summed E-state index contributed by atoms with van der Waals surface area (Å²) in [6.07, 6.45) is -0.0605. The van der Waals surface area contributed by atoms with Crippen molar-refractivity contribution in [2.45, 2.75) is 30.8 Å². The summed E-state index contributed by atoms with van der Waals surface area (Å²) in [6.45, 7) is 0.318. The van der Waals surface area contributed by atoms with Gasteiger partial charge < -0.3 is 39.5 Å². The summed E-state index contributed by atoms with van der Waals surface area (Å²) in [6, 6.07) is 0. The maximum atomic E-state index is 10.7. The van der Waals surface area contributed by atoms with E-state index < -0.39 is 26.7 Å². The van der Waals surface area contributed by atoms with E-state index in [2.05, 4.69) is 0 Å². The van der Waals surface area contributed by atoms with Crippen molar-refractivity contribution < 1.29 is 122 Å². The van der Waals surface area contributed by atoms with E-state index in [1.807, 2.05) is 0 Å². The Morgan fingerprint density at radius 1 is 1.00 bits per heavy atom. The van der Waals surface area contributed by atoms with Gasteiger partial charge in [0.25, 0.3) is 0 Å². The SMILES string of the molecule is NCCCCCC(O)(P(=O)([O-])[O-])P(=O)([O-])O.[Na+].[Na+].[Na+]. The zero-order valence-electron chi connectivity index (χ0n) is 11.4. The Hall–Kier alpha value is 3.22. The van der Waals surface area contributed by atoms with Gasteiger partial charge in [-0.2, -0.15) is 0 Å². The van der Waals surface area contributed by atoms with Gasteiger partial charge in [0.2, 0.25) is 0 Å². The fraction of sp³-hybridized carbons (Fsp3) is 1.00. The Balaban J connectivity index is -0.000000375. The zero-order valence-corrected chi connectivity index (χ0v) is 19.2. The molecule has 0 bridgehead atoms. The molecule has 2 atom stereocenters. The minimum absolute atomic E-state index is 0. The molecule has 4 N–H and O–H groups in total. The van der Waals surface area contributed by atoms with Gasteiger partial charge in [0, 0.05) is 0 Å². The van der Waals surface area contributed by atoms with Gasteiger partial charge >= 0.3 is 88.7 Å². The summed E-state index contributed by atoms with van der Waals surface area (Å²) >= 11 is 0. The molecule has 19 heavy (non-hydrogen) atoms. The second kappa shape index (κ2) is 12.6. The van der Waals surface area contributed by atoms with Gasteiger partial charge in [0.05, 0.1) is 0 Å². The Morgan fingerprint density at radius 3 is 1.68 bits per heavy atom. The quantitative estimate of drug-likeness (QED) is 0.232. The molecule has 0 saturated carbocycles. The van der Waals surface area contributed by atoms with Gasteiger partial charge in [0.1, 0.15) is 0 Å². The normalized spacial score (nSPS) is 16.9. The van der Waals surface area contributed by atoms with E-state index in [-0.39, 0.29) is 95.1 Å². The number of hydrogen-bond acceptors (Lipinski definition) is 7. The topological polar surface area (TPSA) is 170 Å². The Labute approximate surface area is 178 Å². The van der Waals surface area contributed by atoms with E-state index >= 15 is 0 Å². The second-order valence-electron chi connectivity index (χ2n) is 3.39. The fourth-order valence-corrected chi connectivity index (χ4v) is 3.23. The summed E-state index contributed by atoms with van der Waals surface area (Å²) < 4.78 is 21.3. The van der Waals surface area contributed by atoms with Crippen LogP contribution in [0.4, 0.5) is 0 Å². The predicted octanol–water partition coefficient (Wildman–Crippen LogP) is -11.4. The van der Waals surface area contributed by atoms with Gasteiger partial charge in [-0.3, -0.25) is 0 Å². The molecule has 0 aliphatic carbocycles. The zero-order chi connectivity index (χ0) is 13.0. The second-order valence-corrected chi connectivity index (χ2v) is 7.26. The van der Waals surface area contributed by atoms with Crippen molar-refractivity contribution >= 4 is 15.2 Å². The van der Waals surface area contributed by atoms with Crippen LogP contribution in [0.25, 0.3) is 0 Å². The molecule has 0 aromatic rings. The number of unbranched alkanes of at least 4 members (excludes halogenated alkanes) is 2. The molecule has 0 aliphatic rings. The fourth-order valence-electron chi connectivity index (χ4n) is 1.12. The average Bonchev–Trinajstić information content (AvgIpc) is 2.08. The van der Waals surface area contributed by atoms with Crippen LogP contribution in [0.2, 0.25) is 0 Å². The Bertz CT molecular complexity index is 298. The third-order valence-corrected chi connectivity index (χ3v) is 5.83. The van der Waals surface area contributed by atoms with Gasteiger partial charge in [-0.1, -0.05) is 6.42 Å². The summed E-state index contributed by atoms with van der Waals surface area (Å²) in [5, 5.41) is 5.62. The Morgan fingerprint density at radius 2 is 1.42 bits per heavy atom. The van der Waals surface area contributed by atoms with Crippen LogP contribution >= 0.6 is 15.2 Å². The number of rotatable bonds is 7. The van der Waals surface area contributed by atoms with Gasteiger partial charge in [-0.25, -0.2) is 0 Å². The van der Waals surface area contributed by atoms with Gasteiger partial charge in [-0.15, -0.1) is 0 Å². The van der Waals surface area contributed by atoms with Crippen LogP contribution in [-0.4, -0.2) is 21.6 Å². The monoisotopic (exact) mass is 343 g/mol. The third-order valence-electron chi connectivity index (χ3n) is 2.11. The Kier molecular flexibility index (Phi) is 20.0. The molecular weight excluding hydrogens is 329 g/mol. The van der Waals surface area contributed by atoms with Crippen LogP contribution in [-0.2, 0) is 9.13 Å². The largest absolute Gasteiger partial charge is 1.00 e. The number of aliphatic hydroxyl groups is 1. The smallest absolute Gasteiger partial charge is 0.808 e. The summed E-state index contributed by atoms with van der Waals surface area (Å²) in [5.74, 6) is 0. The molecule has 98 valence electrons. The first kappa shape index (κ1) is 30.1. The minimum atomic E-state index is -5.86. The van der Waals surface area contributed by atoms with Gasteiger partial charge in [-0.05, 0) is 33.4 Å². The van der Waals surface area contributed by atoms with Crippen molar-refractivity contribution in [2.75, 3.05) is 6.54 Å². The van der Waals surface area contributed by atoms with Crippen molar-refractivity contribution in [3.63, 3.8) is 0 Å². The molecule has 0 fully saturated rings. The molecule has 0 aromatic heterocycles. The van der Waals surface area contributed by atoms with E-state index in [9.17, 15) is 28.9 Å². The summed E-state index contributed by atoms with van der Waals surface area (Å²) in [4.78, 5) is 40.5. The van der Waals surface area contributed by atoms with Crippen molar-refractivity contribution in [3.8, 4) is 0 Å². The number of hydrogen-bond donors (Lipinski definition) is 3. The third kappa shape index (κ3) is 9.84. The van der Waals surface area contributed by atoms with E-state index in [1.54, 1.807) is 0 Å². The average molecular weight is 343 g/mol. The van der Waals surface area contributed by atoms with E-state index in [1.165, 1.54) is 0 Å². The van der Waals surface area contributed by atoms with Crippen LogP contribution < -0.4 is 109 Å². The van der Waals surface area contributed by atoms with E-state index in [0.29, 0.717) is 19.4 Å². The van der Waals surface area contributed by atoms with E-state index in [0.717, 1.165) is 0 Å². The minimum Gasteiger partial charge on any atom is -0.808 e. The molecule has 0 aromatic carbocycles. The van der Waals surface area contributed by atoms with Crippen LogP contribution in [0.5, 0.6) is 0 Å². The standard InChI is InChI=1S/C6H17NO7P2.3Na/c7-5-3-1-2-4-6(8,15(9,10)11)16(12,13)14;;;/h8H,1-5,7H2,(H2,9,10,11)(H2,12,13,14);;;/q;3*+1/p-3. The maximum absolute atomic E-state index is 10.7. The summed E-state index contributed by atoms with van der Waals surface area (Å²) in [5.41, 5.74) is 5.14. The maximum Gasteiger partial charge on any atom is 1.00 e. The molecule has 0 saturated heterocycles. The van der Waals surface area contributed by atoms with Crippen molar-refractivity contribution in [1.82, 2.24) is 0 Å². The van der Waals surface area contributed by atoms with Crippen LogP contribution in [0.3, 0.4) is 0 Å². The molecular formula is C6H14NNa3O7P2. The molecule has 0 amide bonds. The predicted molar refractivity (Wildman–Crippen MR) is 49.9 cm³/mol. The molecule has 0 heterocycles. The van der Waals surface area contributed by atoms with Crippen LogP contribution in [0, 0.1) is 0 Å². The summed E-state index contributed by atoms with van der Waals surface area (Å²) in [7, 11) is -11.5. The first-order valence-corrected chi connectivity index (χ1v) is 7.67. The molecule has 2 unspecified atom stereocenters. The first-order valence-electron chi connectivity index (χ1n) is 4.55. The molecule has 8 nitrogen and oxygen atoms in total. The van der Waals surface area contributed by atoms with Crippen LogP contribution in [0.15, 0.2) is 0 Å². The van der Waals surface area contributed by atoms with Crippen molar-refractivity contribution in [3.05, 3.63) is 0 Å². The molecule has 0 rings (SSSR count). The van der Waals surface area contributed by atoms with Crippen molar-refractivity contribution in [2.24, 2.45) is 5.73 Å². The molecule has 13 heteroatoms. The van der Waals surface area contributed by atoms with Gasteiger partial charge in [0.15, 0.2) is 12.7 Å². The first-order chi connectivity index (χ1) is 7.06. The molecule has 0 radical (unpaired) electrons. The molecule has 0 spiro atoms. The molecule has 0 aliphatic heterocycles. The number of nitrogens with two attached hydrogens (primary N) is 1.